The highest BCUT2D eigenvalue weighted by Crippen LogP contribution is 2.18. The third kappa shape index (κ3) is 1.97. The fourth-order valence-electron chi connectivity index (χ4n) is 2.54. The fraction of sp³-hybridized carbons (Fsp3) is 0.333. The van der Waals surface area contributed by atoms with Gasteiger partial charge in [-0.3, -0.25) is 13.8 Å². The minimum absolute atomic E-state index is 0.0343. The zero-order chi connectivity index (χ0) is 15.9. The second-order valence-electron chi connectivity index (χ2n) is 5.15. The molecule has 0 aliphatic rings. The van der Waals surface area contributed by atoms with Crippen LogP contribution in [0.4, 0.5) is 0 Å². The lowest BCUT2D eigenvalue weighted by Crippen LogP contribution is -2.26. The van der Waals surface area contributed by atoms with Crippen LogP contribution in [0.25, 0.3) is 16.7 Å². The van der Waals surface area contributed by atoms with Gasteiger partial charge in [-0.1, -0.05) is 0 Å². The lowest BCUT2D eigenvalue weighted by atomic mass is 10.3. The smallest absolute Gasteiger partial charge is 0.359 e. The Bertz CT molecular complexity index is 924. The van der Waals surface area contributed by atoms with Crippen molar-refractivity contribution in [1.82, 2.24) is 18.9 Å². The van der Waals surface area contributed by atoms with Crippen molar-refractivity contribution < 1.29 is 9.53 Å². The Labute approximate surface area is 126 Å². The molecule has 0 aliphatic carbocycles. The Balaban J connectivity index is 2.47. The van der Waals surface area contributed by atoms with Crippen molar-refractivity contribution in [3.05, 3.63) is 40.7 Å². The van der Waals surface area contributed by atoms with Crippen LogP contribution in [-0.2, 0) is 4.74 Å². The summed E-state index contributed by atoms with van der Waals surface area (Å²) in [5, 5.41) is 0. The summed E-state index contributed by atoms with van der Waals surface area (Å²) < 4.78 is 8.14. The normalized spacial score (nSPS) is 11.5. The second kappa shape index (κ2) is 5.25. The van der Waals surface area contributed by atoms with E-state index in [2.05, 4.69) is 9.97 Å². The zero-order valence-corrected chi connectivity index (χ0v) is 12.6. The van der Waals surface area contributed by atoms with E-state index < -0.39 is 5.97 Å². The van der Waals surface area contributed by atoms with E-state index in [0.717, 1.165) is 0 Å². The van der Waals surface area contributed by atoms with E-state index in [1.54, 1.807) is 28.2 Å². The van der Waals surface area contributed by atoms with Crippen LogP contribution in [0.3, 0.4) is 0 Å². The summed E-state index contributed by atoms with van der Waals surface area (Å²) >= 11 is 0. The van der Waals surface area contributed by atoms with Crippen LogP contribution in [0.1, 0.15) is 37.3 Å². The molecule has 0 unspecified atom stereocenters. The van der Waals surface area contributed by atoms with E-state index in [0.29, 0.717) is 11.2 Å². The highest BCUT2D eigenvalue weighted by atomic mass is 16.5. The fourth-order valence-corrected chi connectivity index (χ4v) is 2.54. The Morgan fingerprint density at radius 1 is 1.36 bits per heavy atom. The van der Waals surface area contributed by atoms with Gasteiger partial charge in [0.2, 0.25) is 0 Å². The van der Waals surface area contributed by atoms with Crippen molar-refractivity contribution in [2.75, 3.05) is 6.61 Å². The molecule has 0 bridgehead atoms. The van der Waals surface area contributed by atoms with Gasteiger partial charge in [-0.25, -0.2) is 14.8 Å². The molecule has 7 nitrogen and oxygen atoms in total. The number of carbonyl (C=O) groups excluding carboxylic acids is 1. The van der Waals surface area contributed by atoms with Gasteiger partial charge in [0, 0.05) is 12.2 Å². The molecule has 3 aromatic heterocycles. The molecule has 0 spiro atoms. The van der Waals surface area contributed by atoms with E-state index in [9.17, 15) is 9.59 Å². The number of hydrogen-bond acceptors (Lipinski definition) is 5. The molecule has 0 saturated heterocycles. The average molecular weight is 300 g/mol. The van der Waals surface area contributed by atoms with Gasteiger partial charge in [0.05, 0.1) is 12.1 Å². The zero-order valence-electron chi connectivity index (χ0n) is 12.6. The first-order valence-electron chi connectivity index (χ1n) is 7.09. The van der Waals surface area contributed by atoms with Crippen molar-refractivity contribution in [3.63, 3.8) is 0 Å². The first kappa shape index (κ1) is 14.2. The first-order chi connectivity index (χ1) is 10.6. The predicted octanol–water partition coefficient (Wildman–Crippen LogP) is 1.80. The molecule has 114 valence electrons. The summed E-state index contributed by atoms with van der Waals surface area (Å²) in [5.41, 5.74) is 1.22. The molecule has 0 radical (unpaired) electrons. The molecule has 0 saturated carbocycles. The minimum atomic E-state index is -0.597. The van der Waals surface area contributed by atoms with Crippen LogP contribution >= 0.6 is 0 Å². The van der Waals surface area contributed by atoms with Gasteiger partial charge in [-0.2, -0.15) is 0 Å². The number of imidazole rings is 1. The van der Waals surface area contributed by atoms with Crippen LogP contribution < -0.4 is 5.56 Å². The molecule has 0 N–H and O–H groups in total. The Morgan fingerprint density at radius 2 is 2.14 bits per heavy atom. The van der Waals surface area contributed by atoms with Gasteiger partial charge in [-0.05, 0) is 32.9 Å². The van der Waals surface area contributed by atoms with E-state index in [1.807, 2.05) is 19.9 Å². The van der Waals surface area contributed by atoms with Crippen LogP contribution in [0.5, 0.6) is 0 Å². The molecule has 0 amide bonds. The topological polar surface area (TPSA) is 78.5 Å². The predicted molar refractivity (Wildman–Crippen MR) is 81.1 cm³/mol. The summed E-state index contributed by atoms with van der Waals surface area (Å²) in [6.45, 7) is 5.73. The lowest BCUT2D eigenvalue weighted by molar-refractivity contribution is 0.0522. The SMILES string of the molecule is CCOC(=O)c1ncn2c1c(=O)n(C(C)C)c1ncccc12. The molecule has 0 aliphatic heterocycles. The summed E-state index contributed by atoms with van der Waals surface area (Å²) in [6, 6.07) is 3.52. The van der Waals surface area contributed by atoms with Crippen LogP contribution in [0.15, 0.2) is 29.5 Å². The Morgan fingerprint density at radius 3 is 2.82 bits per heavy atom. The molecule has 7 heteroatoms. The van der Waals surface area contributed by atoms with Gasteiger partial charge in [0.25, 0.3) is 5.56 Å². The number of aromatic nitrogens is 4. The van der Waals surface area contributed by atoms with Crippen LogP contribution in [-0.4, -0.2) is 31.5 Å². The minimum Gasteiger partial charge on any atom is -0.461 e. The number of fused-ring (bicyclic) bond motifs is 3. The third-order valence-corrected chi connectivity index (χ3v) is 3.43. The average Bonchev–Trinajstić information content (AvgIpc) is 2.93. The molecule has 3 aromatic rings. The van der Waals surface area contributed by atoms with Gasteiger partial charge < -0.3 is 4.74 Å². The summed E-state index contributed by atoms with van der Waals surface area (Å²) in [6.07, 6.45) is 3.09. The van der Waals surface area contributed by atoms with Crippen LogP contribution in [0.2, 0.25) is 0 Å². The van der Waals surface area contributed by atoms with E-state index in [4.69, 9.17) is 4.74 Å². The van der Waals surface area contributed by atoms with Gasteiger partial charge in [0.1, 0.15) is 11.8 Å². The maximum atomic E-state index is 12.8. The summed E-state index contributed by atoms with van der Waals surface area (Å²) in [5.74, 6) is -0.597. The number of ether oxygens (including phenoxy) is 1. The quantitative estimate of drug-likeness (QED) is 0.689. The molecule has 3 heterocycles. The monoisotopic (exact) mass is 300 g/mol. The van der Waals surface area contributed by atoms with E-state index >= 15 is 0 Å². The van der Waals surface area contributed by atoms with Crippen molar-refractivity contribution >= 4 is 22.6 Å². The van der Waals surface area contributed by atoms with Crippen molar-refractivity contribution in [2.24, 2.45) is 0 Å². The van der Waals surface area contributed by atoms with Gasteiger partial charge in [0.15, 0.2) is 11.3 Å². The third-order valence-electron chi connectivity index (χ3n) is 3.43. The lowest BCUT2D eigenvalue weighted by Gasteiger charge is -2.14. The standard InChI is InChI=1S/C15H16N4O3/c1-4-22-15(21)11-12-14(20)19(9(2)3)13-10(6-5-7-16-13)18(12)8-17-11/h5-9H,4H2,1-3H3. The van der Waals surface area contributed by atoms with Gasteiger partial charge in [-0.15, -0.1) is 0 Å². The summed E-state index contributed by atoms with van der Waals surface area (Å²) in [7, 11) is 0. The second-order valence-corrected chi connectivity index (χ2v) is 5.15. The largest absolute Gasteiger partial charge is 0.461 e. The number of nitrogens with zero attached hydrogens (tertiary/aromatic N) is 4. The molecular weight excluding hydrogens is 284 g/mol. The Hall–Kier alpha value is -2.70. The van der Waals surface area contributed by atoms with Gasteiger partial charge >= 0.3 is 5.97 Å². The Kier molecular flexibility index (Phi) is 3.40. The van der Waals surface area contributed by atoms with Crippen LogP contribution in [0, 0.1) is 0 Å². The number of hydrogen-bond donors (Lipinski definition) is 0. The van der Waals surface area contributed by atoms with Crippen molar-refractivity contribution in [3.8, 4) is 0 Å². The number of rotatable bonds is 3. The first-order valence-corrected chi connectivity index (χ1v) is 7.09. The van der Waals surface area contributed by atoms with Crippen molar-refractivity contribution in [2.45, 2.75) is 26.8 Å². The molecule has 0 aromatic carbocycles. The molecule has 22 heavy (non-hydrogen) atoms. The van der Waals surface area contributed by atoms with E-state index in [-0.39, 0.29) is 29.4 Å². The number of esters is 1. The van der Waals surface area contributed by atoms with Crippen molar-refractivity contribution in [1.29, 1.82) is 0 Å². The maximum Gasteiger partial charge on any atom is 0.359 e. The summed E-state index contributed by atoms with van der Waals surface area (Å²) in [4.78, 5) is 33.2. The number of carbonyl (C=O) groups is 1. The molecule has 0 atom stereocenters. The number of pyridine rings is 1. The van der Waals surface area contributed by atoms with E-state index in [1.165, 1.54) is 6.33 Å². The molecular formula is C15H16N4O3. The molecule has 3 rings (SSSR count). The highest BCUT2D eigenvalue weighted by Gasteiger charge is 2.22. The highest BCUT2D eigenvalue weighted by molar-refractivity contribution is 5.96. The maximum absolute atomic E-state index is 12.8. The molecule has 0 fully saturated rings.